The number of aliphatic hydroxyl groups is 1. The molecule has 1 aliphatic carbocycles. The van der Waals surface area contributed by atoms with Crippen LogP contribution >= 0.6 is 0 Å². The summed E-state index contributed by atoms with van der Waals surface area (Å²) in [6, 6.07) is 7.79. The van der Waals surface area contributed by atoms with Crippen molar-refractivity contribution in [2.45, 2.75) is 31.5 Å². The van der Waals surface area contributed by atoms with Gasteiger partial charge in [-0.25, -0.2) is 0 Å². The first-order valence-electron chi connectivity index (χ1n) is 8.65. The monoisotopic (exact) mass is 333 g/mol. The van der Waals surface area contributed by atoms with Gasteiger partial charge in [-0.3, -0.25) is 9.69 Å². The van der Waals surface area contributed by atoms with Crippen LogP contribution < -0.4 is 10.5 Å². The topological polar surface area (TPSA) is 79.0 Å². The number of piperazine rings is 1. The number of para-hydroxylation sites is 1. The molecular formula is C18H27N3O3. The number of benzene rings is 1. The number of hydrogen-bond donors (Lipinski definition) is 2. The van der Waals surface area contributed by atoms with Crippen LogP contribution in [0.25, 0.3) is 0 Å². The summed E-state index contributed by atoms with van der Waals surface area (Å²) in [5.74, 6) is 0.944. The third-order valence-electron chi connectivity index (χ3n) is 5.20. The summed E-state index contributed by atoms with van der Waals surface area (Å²) >= 11 is 0. The average Bonchev–Trinajstić information content (AvgIpc) is 2.94. The zero-order valence-electron chi connectivity index (χ0n) is 14.2. The van der Waals surface area contributed by atoms with E-state index >= 15 is 0 Å². The van der Waals surface area contributed by atoms with E-state index in [1.165, 1.54) is 5.56 Å². The van der Waals surface area contributed by atoms with Gasteiger partial charge in [-0.2, -0.15) is 0 Å². The molecule has 3 rings (SSSR count). The zero-order valence-corrected chi connectivity index (χ0v) is 14.2. The number of hydrogen-bond acceptors (Lipinski definition) is 5. The van der Waals surface area contributed by atoms with Gasteiger partial charge < -0.3 is 20.5 Å². The SMILES string of the molecule is COc1ccccc1CN1CCN(C(=O)[C@H]2C[C@H](N)[C@@H](O)C2)CC1. The Balaban J connectivity index is 1.51. The molecule has 1 saturated carbocycles. The minimum absolute atomic E-state index is 0.115. The highest BCUT2D eigenvalue weighted by Crippen LogP contribution is 2.27. The van der Waals surface area contributed by atoms with Crippen molar-refractivity contribution >= 4 is 5.91 Å². The van der Waals surface area contributed by atoms with Crippen molar-refractivity contribution in [3.05, 3.63) is 29.8 Å². The molecule has 0 unspecified atom stereocenters. The van der Waals surface area contributed by atoms with Gasteiger partial charge in [-0.1, -0.05) is 18.2 Å². The maximum absolute atomic E-state index is 12.6. The van der Waals surface area contributed by atoms with E-state index in [-0.39, 0.29) is 17.9 Å². The third-order valence-corrected chi connectivity index (χ3v) is 5.20. The number of nitrogens with two attached hydrogens (primary N) is 1. The molecule has 2 fully saturated rings. The van der Waals surface area contributed by atoms with Crippen molar-refractivity contribution in [3.63, 3.8) is 0 Å². The predicted molar refractivity (Wildman–Crippen MR) is 91.6 cm³/mol. The molecule has 2 aliphatic rings. The maximum atomic E-state index is 12.6. The Labute approximate surface area is 143 Å². The van der Waals surface area contributed by atoms with E-state index in [1.807, 2.05) is 23.1 Å². The summed E-state index contributed by atoms with van der Waals surface area (Å²) in [5.41, 5.74) is 7.00. The Kier molecular flexibility index (Phi) is 5.38. The zero-order chi connectivity index (χ0) is 17.1. The summed E-state index contributed by atoms with van der Waals surface area (Å²) in [6.07, 6.45) is 0.564. The number of carbonyl (C=O) groups is 1. The smallest absolute Gasteiger partial charge is 0.225 e. The van der Waals surface area contributed by atoms with Crippen molar-refractivity contribution in [3.8, 4) is 5.75 Å². The number of methoxy groups -OCH3 is 1. The normalized spacial score (nSPS) is 28.1. The molecule has 3 N–H and O–H groups in total. The summed E-state index contributed by atoms with van der Waals surface area (Å²) in [4.78, 5) is 16.8. The van der Waals surface area contributed by atoms with Gasteiger partial charge in [0.05, 0.1) is 13.2 Å². The first kappa shape index (κ1) is 17.2. The lowest BCUT2D eigenvalue weighted by Gasteiger charge is -2.36. The fourth-order valence-corrected chi connectivity index (χ4v) is 3.71. The van der Waals surface area contributed by atoms with Gasteiger partial charge >= 0.3 is 0 Å². The number of ether oxygens (including phenoxy) is 1. The number of rotatable bonds is 4. The lowest BCUT2D eigenvalue weighted by Crippen LogP contribution is -2.49. The Morgan fingerprint density at radius 2 is 1.96 bits per heavy atom. The minimum Gasteiger partial charge on any atom is -0.496 e. The molecule has 0 spiro atoms. The first-order valence-corrected chi connectivity index (χ1v) is 8.65. The number of amides is 1. The molecular weight excluding hydrogens is 306 g/mol. The molecule has 1 aromatic rings. The van der Waals surface area contributed by atoms with Gasteiger partial charge in [-0.05, 0) is 18.9 Å². The van der Waals surface area contributed by atoms with E-state index in [2.05, 4.69) is 11.0 Å². The second-order valence-electron chi connectivity index (χ2n) is 6.81. The van der Waals surface area contributed by atoms with E-state index < -0.39 is 6.10 Å². The summed E-state index contributed by atoms with van der Waals surface area (Å²) < 4.78 is 5.41. The molecule has 6 nitrogen and oxygen atoms in total. The number of aliphatic hydroxyl groups excluding tert-OH is 1. The maximum Gasteiger partial charge on any atom is 0.225 e. The molecule has 6 heteroatoms. The van der Waals surface area contributed by atoms with Crippen LogP contribution in [0.1, 0.15) is 18.4 Å². The largest absolute Gasteiger partial charge is 0.496 e. The number of carbonyl (C=O) groups excluding carboxylic acids is 1. The van der Waals surface area contributed by atoms with Crippen molar-refractivity contribution in [1.82, 2.24) is 9.80 Å². The Hall–Kier alpha value is -1.63. The van der Waals surface area contributed by atoms with Crippen LogP contribution in [0.4, 0.5) is 0 Å². The fraction of sp³-hybridized carbons (Fsp3) is 0.611. The molecule has 1 heterocycles. The predicted octanol–water partition coefficient (Wildman–Crippen LogP) is 0.438. The molecule has 1 saturated heterocycles. The molecule has 3 atom stereocenters. The minimum atomic E-state index is -0.536. The molecule has 1 aromatic carbocycles. The van der Waals surface area contributed by atoms with Crippen LogP contribution in [0.2, 0.25) is 0 Å². The first-order chi connectivity index (χ1) is 11.6. The van der Waals surface area contributed by atoms with Crippen LogP contribution in [0.15, 0.2) is 24.3 Å². The fourth-order valence-electron chi connectivity index (χ4n) is 3.71. The highest BCUT2D eigenvalue weighted by atomic mass is 16.5. The van der Waals surface area contributed by atoms with Crippen molar-refractivity contribution in [1.29, 1.82) is 0 Å². The van der Waals surface area contributed by atoms with E-state index in [1.54, 1.807) is 7.11 Å². The Morgan fingerprint density at radius 3 is 2.58 bits per heavy atom. The van der Waals surface area contributed by atoms with Crippen LogP contribution in [-0.2, 0) is 11.3 Å². The van der Waals surface area contributed by atoms with Crippen molar-refractivity contribution in [2.24, 2.45) is 11.7 Å². The average molecular weight is 333 g/mol. The van der Waals surface area contributed by atoms with E-state index in [0.717, 1.165) is 38.5 Å². The summed E-state index contributed by atoms with van der Waals surface area (Å²) in [5, 5.41) is 9.76. The van der Waals surface area contributed by atoms with Crippen molar-refractivity contribution < 1.29 is 14.6 Å². The molecule has 1 amide bonds. The Morgan fingerprint density at radius 1 is 1.25 bits per heavy atom. The van der Waals surface area contributed by atoms with Crippen molar-refractivity contribution in [2.75, 3.05) is 33.3 Å². The van der Waals surface area contributed by atoms with Gasteiger partial charge in [-0.15, -0.1) is 0 Å². The highest BCUT2D eigenvalue weighted by molar-refractivity contribution is 5.79. The molecule has 0 bridgehead atoms. The molecule has 132 valence electrons. The van der Waals surface area contributed by atoms with Crippen LogP contribution in [0, 0.1) is 5.92 Å². The van der Waals surface area contributed by atoms with Gasteiger partial charge in [0.15, 0.2) is 0 Å². The molecule has 24 heavy (non-hydrogen) atoms. The van der Waals surface area contributed by atoms with E-state index in [9.17, 15) is 9.90 Å². The summed E-state index contributed by atoms with van der Waals surface area (Å²) in [6.45, 7) is 4.00. The van der Waals surface area contributed by atoms with Gasteiger partial charge in [0, 0.05) is 50.2 Å². The third kappa shape index (κ3) is 3.71. The van der Waals surface area contributed by atoms with Gasteiger partial charge in [0.25, 0.3) is 0 Å². The Bertz CT molecular complexity index is 562. The molecule has 1 aliphatic heterocycles. The standard InChI is InChI=1S/C18H27N3O3/c1-24-17-5-3-2-4-13(17)12-20-6-8-21(9-7-20)18(23)14-10-15(19)16(22)11-14/h2-5,14-16,22H,6-12,19H2,1H3/t14-,15-,16-/m0/s1. The summed E-state index contributed by atoms with van der Waals surface area (Å²) in [7, 11) is 1.69. The second-order valence-corrected chi connectivity index (χ2v) is 6.81. The number of nitrogens with zero attached hydrogens (tertiary/aromatic N) is 2. The lowest BCUT2D eigenvalue weighted by molar-refractivity contribution is -0.137. The quantitative estimate of drug-likeness (QED) is 0.836. The van der Waals surface area contributed by atoms with E-state index in [0.29, 0.717) is 12.8 Å². The van der Waals surface area contributed by atoms with Crippen LogP contribution in [0.5, 0.6) is 5.75 Å². The second kappa shape index (κ2) is 7.51. The van der Waals surface area contributed by atoms with Crippen LogP contribution in [-0.4, -0.2) is 66.2 Å². The highest BCUT2D eigenvalue weighted by Gasteiger charge is 2.37. The molecule has 0 radical (unpaired) electrons. The van der Waals surface area contributed by atoms with Crippen LogP contribution in [0.3, 0.4) is 0 Å². The van der Waals surface area contributed by atoms with Gasteiger partial charge in [0.1, 0.15) is 5.75 Å². The molecule has 0 aromatic heterocycles. The van der Waals surface area contributed by atoms with Gasteiger partial charge in [0.2, 0.25) is 5.91 Å². The lowest BCUT2D eigenvalue weighted by atomic mass is 10.1. The van der Waals surface area contributed by atoms with E-state index in [4.69, 9.17) is 10.5 Å².